The Bertz CT molecular complexity index is 821. The largest absolute Gasteiger partial charge is 0.480 e. The number of nitrogens with one attached hydrogen (secondary N) is 1. The number of carboxylic acids is 1. The summed E-state index contributed by atoms with van der Waals surface area (Å²) in [6.45, 7) is 0. The predicted molar refractivity (Wildman–Crippen MR) is 92.2 cm³/mol. The Kier molecular flexibility index (Phi) is 5.95. The standard InChI is InChI=1S/C16H12Cl2N2O5/c17-12-5-2-6-13(18)11(12)8-14(16(22)23)19-15(21)9-3-1-4-10(7-9)20(24)25/h1-7,14H,8H2,(H,19,21)(H,22,23)/t14-/m1/s1. The van der Waals surface area contributed by atoms with Gasteiger partial charge in [0.2, 0.25) is 0 Å². The van der Waals surface area contributed by atoms with Crippen LogP contribution in [0.25, 0.3) is 0 Å². The van der Waals surface area contributed by atoms with Crippen LogP contribution in [-0.2, 0) is 11.2 Å². The summed E-state index contributed by atoms with van der Waals surface area (Å²) in [7, 11) is 0. The van der Waals surface area contributed by atoms with E-state index in [0.29, 0.717) is 5.56 Å². The van der Waals surface area contributed by atoms with Gasteiger partial charge in [0.05, 0.1) is 4.92 Å². The first-order valence-corrected chi connectivity index (χ1v) is 7.76. The molecule has 0 saturated heterocycles. The number of amides is 1. The molecular formula is C16H12Cl2N2O5. The third kappa shape index (κ3) is 4.68. The fraction of sp³-hybridized carbons (Fsp3) is 0.125. The number of nitrogens with zero attached hydrogens (tertiary/aromatic N) is 1. The topological polar surface area (TPSA) is 110 Å². The lowest BCUT2D eigenvalue weighted by Gasteiger charge is -2.16. The Labute approximate surface area is 152 Å². The van der Waals surface area contributed by atoms with Crippen molar-refractivity contribution >= 4 is 40.8 Å². The van der Waals surface area contributed by atoms with Gasteiger partial charge in [-0.25, -0.2) is 4.79 Å². The van der Waals surface area contributed by atoms with Crippen molar-refractivity contribution in [3.8, 4) is 0 Å². The second-order valence-corrected chi connectivity index (χ2v) is 5.89. The van der Waals surface area contributed by atoms with Crippen LogP contribution in [0.5, 0.6) is 0 Å². The molecule has 1 amide bonds. The number of benzene rings is 2. The highest BCUT2D eigenvalue weighted by atomic mass is 35.5. The number of nitro benzene ring substituents is 1. The van der Waals surface area contributed by atoms with Gasteiger partial charge in [-0.3, -0.25) is 14.9 Å². The molecule has 1 atom stereocenters. The van der Waals surface area contributed by atoms with E-state index >= 15 is 0 Å². The van der Waals surface area contributed by atoms with Gasteiger partial charge in [-0.1, -0.05) is 35.3 Å². The van der Waals surface area contributed by atoms with Gasteiger partial charge in [-0.05, 0) is 23.8 Å². The molecule has 2 aromatic rings. The van der Waals surface area contributed by atoms with E-state index in [9.17, 15) is 24.8 Å². The molecule has 25 heavy (non-hydrogen) atoms. The van der Waals surface area contributed by atoms with Crippen LogP contribution in [-0.4, -0.2) is 27.9 Å². The summed E-state index contributed by atoms with van der Waals surface area (Å²) in [6, 6.07) is 8.42. The van der Waals surface area contributed by atoms with E-state index in [1.165, 1.54) is 18.2 Å². The highest BCUT2D eigenvalue weighted by Gasteiger charge is 2.24. The molecule has 0 saturated carbocycles. The maximum absolute atomic E-state index is 12.2. The number of non-ortho nitro benzene ring substituents is 1. The summed E-state index contributed by atoms with van der Waals surface area (Å²) < 4.78 is 0. The second kappa shape index (κ2) is 7.96. The van der Waals surface area contributed by atoms with E-state index in [1.54, 1.807) is 18.2 Å². The molecule has 2 aromatic carbocycles. The maximum atomic E-state index is 12.2. The normalized spacial score (nSPS) is 11.6. The van der Waals surface area contributed by atoms with Crippen molar-refractivity contribution in [1.29, 1.82) is 0 Å². The van der Waals surface area contributed by atoms with Crippen molar-refractivity contribution in [1.82, 2.24) is 5.32 Å². The maximum Gasteiger partial charge on any atom is 0.326 e. The van der Waals surface area contributed by atoms with E-state index in [0.717, 1.165) is 6.07 Å². The molecule has 9 heteroatoms. The summed E-state index contributed by atoms with van der Waals surface area (Å²) in [4.78, 5) is 33.8. The van der Waals surface area contributed by atoms with Gasteiger partial charge < -0.3 is 10.4 Å². The fourth-order valence-corrected chi connectivity index (χ4v) is 2.69. The monoisotopic (exact) mass is 382 g/mol. The van der Waals surface area contributed by atoms with Crippen molar-refractivity contribution in [3.63, 3.8) is 0 Å². The van der Waals surface area contributed by atoms with E-state index < -0.39 is 22.8 Å². The predicted octanol–water partition coefficient (Wildman–Crippen LogP) is 3.33. The number of nitro groups is 1. The minimum absolute atomic E-state index is 0.0225. The zero-order valence-electron chi connectivity index (χ0n) is 12.6. The van der Waals surface area contributed by atoms with Gasteiger partial charge in [0.25, 0.3) is 11.6 Å². The van der Waals surface area contributed by atoms with Crippen molar-refractivity contribution < 1.29 is 19.6 Å². The molecule has 0 bridgehead atoms. The van der Waals surface area contributed by atoms with Gasteiger partial charge in [0.1, 0.15) is 6.04 Å². The van der Waals surface area contributed by atoms with Crippen molar-refractivity contribution in [2.24, 2.45) is 0 Å². The number of carboxylic acid groups (broad SMARTS) is 1. The molecule has 0 unspecified atom stereocenters. The van der Waals surface area contributed by atoms with Gasteiger partial charge in [-0.2, -0.15) is 0 Å². The first-order chi connectivity index (χ1) is 11.8. The molecule has 0 aliphatic carbocycles. The van der Waals surface area contributed by atoms with E-state index in [4.69, 9.17) is 23.2 Å². The number of hydrogen-bond donors (Lipinski definition) is 2. The Morgan fingerprint density at radius 2 is 1.76 bits per heavy atom. The Balaban J connectivity index is 2.22. The van der Waals surface area contributed by atoms with Gasteiger partial charge in [-0.15, -0.1) is 0 Å². The molecule has 130 valence electrons. The van der Waals surface area contributed by atoms with Crippen LogP contribution in [0.2, 0.25) is 10.0 Å². The van der Waals surface area contributed by atoms with Crippen LogP contribution in [0.1, 0.15) is 15.9 Å². The molecule has 0 heterocycles. The van der Waals surface area contributed by atoms with E-state index in [2.05, 4.69) is 5.32 Å². The molecule has 0 aromatic heterocycles. The van der Waals surface area contributed by atoms with E-state index in [-0.39, 0.29) is 27.7 Å². The number of aliphatic carboxylic acids is 1. The van der Waals surface area contributed by atoms with Crippen LogP contribution >= 0.6 is 23.2 Å². The lowest BCUT2D eigenvalue weighted by Crippen LogP contribution is -2.42. The van der Waals surface area contributed by atoms with Crippen LogP contribution < -0.4 is 5.32 Å². The first kappa shape index (κ1) is 18.7. The molecule has 0 fully saturated rings. The molecule has 2 N–H and O–H groups in total. The number of carbonyl (C=O) groups excluding carboxylic acids is 1. The molecule has 2 rings (SSSR count). The molecule has 0 aliphatic heterocycles. The average Bonchev–Trinajstić information content (AvgIpc) is 2.57. The minimum Gasteiger partial charge on any atom is -0.480 e. The number of hydrogen-bond acceptors (Lipinski definition) is 4. The van der Waals surface area contributed by atoms with Crippen molar-refractivity contribution in [2.75, 3.05) is 0 Å². The Morgan fingerprint density at radius 3 is 2.32 bits per heavy atom. The Morgan fingerprint density at radius 1 is 1.16 bits per heavy atom. The summed E-state index contributed by atoms with van der Waals surface area (Å²) in [5.41, 5.74) is 0.0944. The highest BCUT2D eigenvalue weighted by molar-refractivity contribution is 6.36. The third-order valence-electron chi connectivity index (χ3n) is 3.39. The number of carbonyl (C=O) groups is 2. The lowest BCUT2D eigenvalue weighted by molar-refractivity contribution is -0.384. The number of halogens is 2. The second-order valence-electron chi connectivity index (χ2n) is 5.08. The van der Waals surface area contributed by atoms with Gasteiger partial charge >= 0.3 is 5.97 Å². The quantitative estimate of drug-likeness (QED) is 0.587. The first-order valence-electron chi connectivity index (χ1n) is 7.00. The smallest absolute Gasteiger partial charge is 0.326 e. The van der Waals surface area contributed by atoms with Crippen molar-refractivity contribution in [2.45, 2.75) is 12.5 Å². The molecular weight excluding hydrogens is 371 g/mol. The molecule has 0 radical (unpaired) electrons. The zero-order chi connectivity index (χ0) is 18.6. The molecule has 0 aliphatic rings. The fourth-order valence-electron chi connectivity index (χ4n) is 2.13. The van der Waals surface area contributed by atoms with Crippen LogP contribution in [0, 0.1) is 10.1 Å². The SMILES string of the molecule is O=C(N[C@H](Cc1c(Cl)cccc1Cl)C(=O)O)c1cccc([N+](=O)[O-])c1. The molecule has 7 nitrogen and oxygen atoms in total. The van der Waals surface area contributed by atoms with Crippen molar-refractivity contribution in [3.05, 3.63) is 73.8 Å². The zero-order valence-corrected chi connectivity index (χ0v) is 14.1. The Hall–Kier alpha value is -2.64. The summed E-state index contributed by atoms with van der Waals surface area (Å²) in [5, 5.41) is 23.0. The highest BCUT2D eigenvalue weighted by Crippen LogP contribution is 2.25. The average molecular weight is 383 g/mol. The van der Waals surface area contributed by atoms with Gasteiger partial charge in [0, 0.05) is 34.2 Å². The summed E-state index contributed by atoms with van der Waals surface area (Å²) in [5.74, 6) is -2.03. The third-order valence-corrected chi connectivity index (χ3v) is 4.10. The molecule has 0 spiro atoms. The number of rotatable bonds is 6. The van der Waals surface area contributed by atoms with Crippen LogP contribution in [0.3, 0.4) is 0 Å². The lowest BCUT2D eigenvalue weighted by atomic mass is 10.0. The summed E-state index contributed by atoms with van der Waals surface area (Å²) in [6.07, 6.45) is -0.130. The van der Waals surface area contributed by atoms with Crippen LogP contribution in [0.15, 0.2) is 42.5 Å². The summed E-state index contributed by atoms with van der Waals surface area (Å²) >= 11 is 12.0. The van der Waals surface area contributed by atoms with Crippen LogP contribution in [0.4, 0.5) is 5.69 Å². The van der Waals surface area contributed by atoms with Gasteiger partial charge in [0.15, 0.2) is 0 Å². The van der Waals surface area contributed by atoms with E-state index in [1.807, 2.05) is 0 Å². The minimum atomic E-state index is -1.30.